The van der Waals surface area contributed by atoms with Gasteiger partial charge in [-0.1, -0.05) is 0 Å². The second-order valence-corrected chi connectivity index (χ2v) is 5.03. The summed E-state index contributed by atoms with van der Waals surface area (Å²) < 4.78 is 0. The van der Waals surface area contributed by atoms with Gasteiger partial charge in [-0.25, -0.2) is 4.98 Å². The molecule has 1 rings (SSSR count). The molecule has 0 amide bonds. The minimum absolute atomic E-state index is 0.421. The van der Waals surface area contributed by atoms with E-state index < -0.39 is 0 Å². The molecule has 1 aromatic rings. The summed E-state index contributed by atoms with van der Waals surface area (Å²) in [5.74, 6) is 1.04. The lowest BCUT2D eigenvalue weighted by atomic mass is 10.1. The Balaban J connectivity index is 3.05. The van der Waals surface area contributed by atoms with E-state index in [-0.39, 0.29) is 0 Å². The summed E-state index contributed by atoms with van der Waals surface area (Å²) in [5.41, 5.74) is 8.25. The van der Waals surface area contributed by atoms with E-state index in [1.807, 2.05) is 12.3 Å². The van der Waals surface area contributed by atoms with E-state index in [4.69, 9.17) is 5.73 Å². The third kappa shape index (κ3) is 3.43. The molecule has 0 bridgehead atoms. The Hall–Kier alpha value is -1.13. The standard InChI is InChI=1S/C14H26N4/c1-6-18(12(3)10-17(4)5)14-13(9-15)11(2)7-8-16-14/h7-8,12H,6,9-10,15H2,1-5H3. The summed E-state index contributed by atoms with van der Waals surface area (Å²) >= 11 is 0. The van der Waals surface area contributed by atoms with Gasteiger partial charge in [0.05, 0.1) is 0 Å². The lowest BCUT2D eigenvalue weighted by Gasteiger charge is -2.32. The van der Waals surface area contributed by atoms with Gasteiger partial charge in [0.1, 0.15) is 5.82 Å². The fourth-order valence-electron chi connectivity index (χ4n) is 2.37. The molecule has 0 aliphatic heterocycles. The molecule has 0 radical (unpaired) electrons. The van der Waals surface area contributed by atoms with E-state index in [1.165, 1.54) is 5.56 Å². The fraction of sp³-hybridized carbons (Fsp3) is 0.643. The molecule has 0 aromatic carbocycles. The van der Waals surface area contributed by atoms with Crippen LogP contribution in [0.2, 0.25) is 0 Å². The van der Waals surface area contributed by atoms with Gasteiger partial charge in [0, 0.05) is 37.4 Å². The van der Waals surface area contributed by atoms with Crippen molar-refractivity contribution in [1.82, 2.24) is 9.88 Å². The topological polar surface area (TPSA) is 45.4 Å². The first-order chi connectivity index (χ1) is 8.51. The number of pyridine rings is 1. The molecule has 4 heteroatoms. The summed E-state index contributed by atoms with van der Waals surface area (Å²) in [6, 6.07) is 2.44. The number of hydrogen-bond acceptors (Lipinski definition) is 4. The highest BCUT2D eigenvalue weighted by Gasteiger charge is 2.18. The van der Waals surface area contributed by atoms with Crippen LogP contribution in [0.1, 0.15) is 25.0 Å². The van der Waals surface area contributed by atoms with Gasteiger partial charge in [-0.15, -0.1) is 0 Å². The molecule has 1 heterocycles. The lowest BCUT2D eigenvalue weighted by molar-refractivity contribution is 0.372. The maximum absolute atomic E-state index is 5.87. The quantitative estimate of drug-likeness (QED) is 0.833. The molecule has 102 valence electrons. The van der Waals surface area contributed by atoms with Crippen LogP contribution in [0.15, 0.2) is 12.3 Å². The molecule has 2 N–H and O–H groups in total. The first-order valence-electron chi connectivity index (χ1n) is 6.57. The summed E-state index contributed by atoms with van der Waals surface area (Å²) in [7, 11) is 4.19. The predicted octanol–water partition coefficient (Wildman–Crippen LogP) is 1.63. The van der Waals surface area contributed by atoms with E-state index in [0.29, 0.717) is 12.6 Å². The van der Waals surface area contributed by atoms with Gasteiger partial charge in [0.15, 0.2) is 0 Å². The second-order valence-electron chi connectivity index (χ2n) is 5.03. The first kappa shape index (κ1) is 14.9. The van der Waals surface area contributed by atoms with Crippen molar-refractivity contribution in [3.05, 3.63) is 23.4 Å². The van der Waals surface area contributed by atoms with Gasteiger partial charge < -0.3 is 15.5 Å². The number of aryl methyl sites for hydroxylation is 1. The average molecular weight is 250 g/mol. The highest BCUT2D eigenvalue weighted by Crippen LogP contribution is 2.22. The molecule has 0 saturated heterocycles. The zero-order chi connectivity index (χ0) is 13.7. The van der Waals surface area contributed by atoms with Crippen molar-refractivity contribution in [1.29, 1.82) is 0 Å². The summed E-state index contributed by atoms with van der Waals surface area (Å²) in [6.45, 7) is 8.98. The van der Waals surface area contributed by atoms with Gasteiger partial charge in [0.2, 0.25) is 0 Å². The Morgan fingerprint density at radius 2 is 2.06 bits per heavy atom. The van der Waals surface area contributed by atoms with Crippen molar-refractivity contribution in [2.24, 2.45) is 5.73 Å². The Labute approximate surface area is 111 Å². The minimum atomic E-state index is 0.421. The van der Waals surface area contributed by atoms with Crippen molar-refractivity contribution < 1.29 is 0 Å². The maximum atomic E-state index is 5.87. The smallest absolute Gasteiger partial charge is 0.133 e. The molecular formula is C14H26N4. The van der Waals surface area contributed by atoms with Crippen molar-refractivity contribution in [2.75, 3.05) is 32.1 Å². The Bertz CT molecular complexity index is 376. The normalized spacial score (nSPS) is 12.8. The molecule has 18 heavy (non-hydrogen) atoms. The third-order valence-corrected chi connectivity index (χ3v) is 3.25. The summed E-state index contributed by atoms with van der Waals surface area (Å²) in [6.07, 6.45) is 1.87. The van der Waals surface area contributed by atoms with E-state index in [9.17, 15) is 0 Å². The van der Waals surface area contributed by atoms with Crippen LogP contribution in [0.3, 0.4) is 0 Å². The molecule has 0 aliphatic carbocycles. The molecule has 1 unspecified atom stereocenters. The monoisotopic (exact) mass is 250 g/mol. The number of anilines is 1. The zero-order valence-corrected chi connectivity index (χ0v) is 12.3. The summed E-state index contributed by atoms with van der Waals surface area (Å²) in [5, 5.41) is 0. The Kier molecular flexibility index (Phi) is 5.56. The largest absolute Gasteiger partial charge is 0.353 e. The Morgan fingerprint density at radius 1 is 1.39 bits per heavy atom. The lowest BCUT2D eigenvalue weighted by Crippen LogP contribution is -2.41. The van der Waals surface area contributed by atoms with Gasteiger partial charge in [-0.2, -0.15) is 0 Å². The van der Waals surface area contributed by atoms with E-state index in [1.54, 1.807) is 0 Å². The number of nitrogens with two attached hydrogens (primary N) is 1. The van der Waals surface area contributed by atoms with Crippen LogP contribution in [-0.4, -0.2) is 43.1 Å². The molecule has 0 aliphatic rings. The van der Waals surface area contributed by atoms with Crippen molar-refractivity contribution in [3.63, 3.8) is 0 Å². The second kappa shape index (κ2) is 6.71. The SMILES string of the molecule is CCN(c1nccc(C)c1CN)C(C)CN(C)C. The van der Waals surface area contributed by atoms with Crippen LogP contribution in [0.5, 0.6) is 0 Å². The fourth-order valence-corrected chi connectivity index (χ4v) is 2.37. The average Bonchev–Trinajstić information content (AvgIpc) is 2.29. The van der Waals surface area contributed by atoms with Gasteiger partial charge >= 0.3 is 0 Å². The van der Waals surface area contributed by atoms with Crippen LogP contribution < -0.4 is 10.6 Å². The third-order valence-electron chi connectivity index (χ3n) is 3.25. The van der Waals surface area contributed by atoms with E-state index in [0.717, 1.165) is 24.5 Å². The number of hydrogen-bond donors (Lipinski definition) is 1. The van der Waals surface area contributed by atoms with Gasteiger partial charge in [0.25, 0.3) is 0 Å². The van der Waals surface area contributed by atoms with E-state index >= 15 is 0 Å². The molecule has 0 spiro atoms. The molecule has 1 aromatic heterocycles. The van der Waals surface area contributed by atoms with Gasteiger partial charge in [-0.3, -0.25) is 0 Å². The van der Waals surface area contributed by atoms with Crippen molar-refractivity contribution in [2.45, 2.75) is 33.4 Å². The highest BCUT2D eigenvalue weighted by molar-refractivity contribution is 5.51. The number of nitrogens with zero attached hydrogens (tertiary/aromatic N) is 3. The van der Waals surface area contributed by atoms with Crippen molar-refractivity contribution in [3.8, 4) is 0 Å². The van der Waals surface area contributed by atoms with Crippen molar-refractivity contribution >= 4 is 5.82 Å². The molecule has 1 atom stereocenters. The molecular weight excluding hydrogens is 224 g/mol. The van der Waals surface area contributed by atoms with Crippen LogP contribution >= 0.6 is 0 Å². The van der Waals surface area contributed by atoms with E-state index in [2.05, 4.69) is 49.7 Å². The van der Waals surface area contributed by atoms with Crippen LogP contribution in [0.25, 0.3) is 0 Å². The van der Waals surface area contributed by atoms with Gasteiger partial charge in [-0.05, 0) is 46.5 Å². The first-order valence-corrected chi connectivity index (χ1v) is 6.57. The number of aromatic nitrogens is 1. The summed E-state index contributed by atoms with van der Waals surface area (Å²) in [4.78, 5) is 9.07. The number of likely N-dealkylation sites (N-methyl/N-ethyl adjacent to an activating group) is 2. The molecule has 4 nitrogen and oxygen atoms in total. The minimum Gasteiger partial charge on any atom is -0.353 e. The molecule has 0 saturated carbocycles. The molecule has 0 fully saturated rings. The predicted molar refractivity (Wildman–Crippen MR) is 77.9 cm³/mol. The highest BCUT2D eigenvalue weighted by atomic mass is 15.2. The maximum Gasteiger partial charge on any atom is 0.133 e. The van der Waals surface area contributed by atoms with Crippen LogP contribution in [0.4, 0.5) is 5.82 Å². The van der Waals surface area contributed by atoms with Crippen LogP contribution in [-0.2, 0) is 6.54 Å². The zero-order valence-electron chi connectivity index (χ0n) is 12.3. The van der Waals surface area contributed by atoms with Crippen LogP contribution in [0, 0.1) is 6.92 Å². The number of rotatable bonds is 6. The Morgan fingerprint density at radius 3 is 2.56 bits per heavy atom.